The number of fused-ring (bicyclic) bond motifs is 3. The van der Waals surface area contributed by atoms with Crippen molar-refractivity contribution >= 4 is 29.3 Å². The Kier molecular flexibility index (Phi) is 5.15. The number of hydrogen-bond acceptors (Lipinski definition) is 9. The number of anilines is 3. The van der Waals surface area contributed by atoms with Crippen LogP contribution in [0.4, 0.5) is 17.5 Å². The van der Waals surface area contributed by atoms with Gasteiger partial charge >= 0.3 is 11.8 Å². The van der Waals surface area contributed by atoms with Gasteiger partial charge in [-0.15, -0.1) is 10.2 Å². The number of amides is 2. The van der Waals surface area contributed by atoms with E-state index in [1.807, 2.05) is 18.2 Å². The van der Waals surface area contributed by atoms with E-state index in [9.17, 15) is 9.59 Å². The van der Waals surface area contributed by atoms with Crippen LogP contribution in [0.2, 0.25) is 0 Å². The predicted octanol–water partition coefficient (Wildman–Crippen LogP) is 1.90. The van der Waals surface area contributed by atoms with Gasteiger partial charge in [0.25, 0.3) is 5.91 Å². The summed E-state index contributed by atoms with van der Waals surface area (Å²) in [6.45, 7) is 1.38. The second kappa shape index (κ2) is 8.15. The Labute approximate surface area is 190 Å². The molecule has 2 aromatic heterocycles. The molecule has 2 amide bonds. The van der Waals surface area contributed by atoms with Crippen LogP contribution >= 0.6 is 0 Å². The van der Waals surface area contributed by atoms with Crippen LogP contribution < -0.4 is 15.1 Å². The quantitative estimate of drug-likeness (QED) is 0.638. The molecular formula is C22H24N8O3. The molecule has 33 heavy (non-hydrogen) atoms. The van der Waals surface area contributed by atoms with Crippen LogP contribution in [0, 0.1) is 0 Å². The molecule has 0 saturated carbocycles. The summed E-state index contributed by atoms with van der Waals surface area (Å²) in [6.07, 6.45) is 3.60. The molecule has 1 fully saturated rings. The van der Waals surface area contributed by atoms with Crippen molar-refractivity contribution in [2.24, 2.45) is 0 Å². The fourth-order valence-electron chi connectivity index (χ4n) is 4.25. The molecular weight excluding hydrogens is 424 g/mol. The lowest BCUT2D eigenvalue weighted by atomic mass is 10.1. The lowest BCUT2D eigenvalue weighted by molar-refractivity contribution is 0.0789. The molecule has 0 radical (unpaired) electrons. The molecule has 5 rings (SSSR count). The Morgan fingerprint density at radius 3 is 2.91 bits per heavy atom. The molecule has 4 heterocycles. The van der Waals surface area contributed by atoms with Gasteiger partial charge in [0.1, 0.15) is 11.4 Å². The van der Waals surface area contributed by atoms with E-state index < -0.39 is 0 Å². The van der Waals surface area contributed by atoms with Crippen LogP contribution in [0.1, 0.15) is 33.9 Å². The van der Waals surface area contributed by atoms with Crippen molar-refractivity contribution in [3.05, 3.63) is 41.9 Å². The lowest BCUT2D eigenvalue weighted by Crippen LogP contribution is -2.39. The number of carbonyl (C=O) groups excluding carboxylic acids is 2. The van der Waals surface area contributed by atoms with Gasteiger partial charge in [0.05, 0.1) is 0 Å². The van der Waals surface area contributed by atoms with Gasteiger partial charge in [0.2, 0.25) is 11.8 Å². The lowest BCUT2D eigenvalue weighted by Gasteiger charge is -2.27. The third-order valence-corrected chi connectivity index (χ3v) is 5.93. The Hall–Kier alpha value is -4.02. The van der Waals surface area contributed by atoms with Gasteiger partial charge in [0.15, 0.2) is 0 Å². The highest BCUT2D eigenvalue weighted by atomic mass is 16.4. The van der Waals surface area contributed by atoms with Crippen LogP contribution in [0.5, 0.6) is 0 Å². The second-order valence-electron chi connectivity index (χ2n) is 8.25. The van der Waals surface area contributed by atoms with Crippen LogP contribution in [-0.4, -0.2) is 77.2 Å². The Morgan fingerprint density at radius 1 is 1.27 bits per heavy atom. The van der Waals surface area contributed by atoms with Crippen LogP contribution in [0.3, 0.4) is 0 Å². The van der Waals surface area contributed by atoms with Gasteiger partial charge in [-0.3, -0.25) is 9.59 Å². The third-order valence-electron chi connectivity index (χ3n) is 5.93. The molecule has 2 aliphatic heterocycles. The number of nitrogens with one attached hydrogen (secondary N) is 1. The van der Waals surface area contributed by atoms with E-state index in [0.29, 0.717) is 35.1 Å². The minimum Gasteiger partial charge on any atom is -0.412 e. The minimum absolute atomic E-state index is 0.0840. The first-order valence-corrected chi connectivity index (χ1v) is 10.7. The molecule has 1 aromatic carbocycles. The molecule has 11 heteroatoms. The van der Waals surface area contributed by atoms with Gasteiger partial charge in [-0.2, -0.15) is 4.98 Å². The fourth-order valence-corrected chi connectivity index (χ4v) is 4.25. The normalized spacial score (nSPS) is 17.4. The molecule has 0 bridgehead atoms. The average molecular weight is 448 g/mol. The van der Waals surface area contributed by atoms with Crippen molar-refractivity contribution in [3.63, 3.8) is 0 Å². The summed E-state index contributed by atoms with van der Waals surface area (Å²) in [4.78, 5) is 39.9. The Morgan fingerprint density at radius 2 is 2.12 bits per heavy atom. The third kappa shape index (κ3) is 3.65. The first kappa shape index (κ1) is 20.9. The monoisotopic (exact) mass is 448 g/mol. The largest absolute Gasteiger partial charge is 0.412 e. The predicted molar refractivity (Wildman–Crippen MR) is 121 cm³/mol. The van der Waals surface area contributed by atoms with Crippen molar-refractivity contribution in [2.45, 2.75) is 18.9 Å². The topological polar surface area (TPSA) is 121 Å². The molecule has 170 valence electrons. The van der Waals surface area contributed by atoms with Crippen molar-refractivity contribution in [2.75, 3.05) is 49.3 Å². The van der Waals surface area contributed by atoms with Gasteiger partial charge in [-0.05, 0) is 31.0 Å². The maximum Gasteiger partial charge on any atom is 0.310 e. The molecule has 3 aromatic rings. The first-order chi connectivity index (χ1) is 16.0. The number of benzene rings is 1. The maximum atomic E-state index is 13.6. The van der Waals surface area contributed by atoms with E-state index in [1.165, 1.54) is 4.90 Å². The SMILES string of the molecule is CNc1ncc2c(n1)N1CCC[C@H]1CN(c1cccc(-c3nnc(C(=O)N(C)C)o3)c1)C2=O. The summed E-state index contributed by atoms with van der Waals surface area (Å²) in [5.74, 6) is 0.763. The summed E-state index contributed by atoms with van der Waals surface area (Å²) in [5, 5.41) is 10.8. The number of carbonyl (C=O) groups is 2. The zero-order chi connectivity index (χ0) is 23.1. The zero-order valence-corrected chi connectivity index (χ0v) is 18.6. The summed E-state index contributed by atoms with van der Waals surface area (Å²) in [5.41, 5.74) is 1.80. The number of nitrogens with zero attached hydrogens (tertiary/aromatic N) is 7. The van der Waals surface area contributed by atoms with Crippen molar-refractivity contribution < 1.29 is 14.0 Å². The molecule has 0 aliphatic carbocycles. The van der Waals surface area contributed by atoms with Crippen molar-refractivity contribution in [3.8, 4) is 11.5 Å². The van der Waals surface area contributed by atoms with E-state index in [1.54, 1.807) is 38.3 Å². The van der Waals surface area contributed by atoms with Crippen molar-refractivity contribution in [1.29, 1.82) is 0 Å². The molecule has 1 saturated heterocycles. The van der Waals surface area contributed by atoms with Gasteiger partial charge in [0, 0.05) is 57.7 Å². The maximum absolute atomic E-state index is 13.6. The average Bonchev–Trinajstić information content (AvgIpc) is 3.49. The molecule has 2 aliphatic rings. The van der Waals surface area contributed by atoms with E-state index in [0.717, 1.165) is 19.4 Å². The van der Waals surface area contributed by atoms with Gasteiger partial charge in [-0.1, -0.05) is 6.07 Å². The Balaban J connectivity index is 1.52. The summed E-state index contributed by atoms with van der Waals surface area (Å²) >= 11 is 0. The van der Waals surface area contributed by atoms with Gasteiger partial charge in [-0.25, -0.2) is 4.98 Å². The highest BCUT2D eigenvalue weighted by Crippen LogP contribution is 2.35. The first-order valence-electron chi connectivity index (χ1n) is 10.7. The number of aromatic nitrogens is 4. The van der Waals surface area contributed by atoms with E-state index in [4.69, 9.17) is 4.42 Å². The summed E-state index contributed by atoms with van der Waals surface area (Å²) in [7, 11) is 4.99. The van der Waals surface area contributed by atoms with Crippen LogP contribution in [-0.2, 0) is 0 Å². The number of rotatable bonds is 4. The highest BCUT2D eigenvalue weighted by molar-refractivity contribution is 6.10. The summed E-state index contributed by atoms with van der Waals surface area (Å²) < 4.78 is 5.59. The zero-order valence-electron chi connectivity index (χ0n) is 18.6. The highest BCUT2D eigenvalue weighted by Gasteiger charge is 2.37. The minimum atomic E-state index is -0.369. The van der Waals surface area contributed by atoms with E-state index in [2.05, 4.69) is 30.4 Å². The van der Waals surface area contributed by atoms with E-state index in [-0.39, 0.29) is 29.6 Å². The van der Waals surface area contributed by atoms with Crippen molar-refractivity contribution in [1.82, 2.24) is 25.1 Å². The standard InChI is InChI=1S/C22H24N8O3/c1-23-22-24-11-16-17(25-22)29-9-5-8-15(29)12-30(20(16)31)14-7-4-6-13(10-14)18-26-27-19(33-18)21(32)28(2)3/h4,6-7,10-11,15H,5,8-9,12H2,1-3H3,(H,23,24,25)/t15-/m0/s1. The molecule has 1 N–H and O–H groups in total. The summed E-state index contributed by atoms with van der Waals surface area (Å²) in [6, 6.07) is 7.49. The molecule has 0 spiro atoms. The number of hydrogen-bond donors (Lipinski definition) is 1. The molecule has 0 unspecified atom stereocenters. The fraction of sp³-hybridized carbons (Fsp3) is 0.364. The van der Waals surface area contributed by atoms with Crippen LogP contribution in [0.15, 0.2) is 34.9 Å². The van der Waals surface area contributed by atoms with Crippen LogP contribution in [0.25, 0.3) is 11.5 Å². The van der Waals surface area contributed by atoms with Gasteiger partial charge < -0.3 is 24.4 Å². The smallest absolute Gasteiger partial charge is 0.310 e. The Bertz CT molecular complexity index is 1220. The molecule has 1 atom stereocenters. The molecule has 11 nitrogen and oxygen atoms in total. The van der Waals surface area contributed by atoms with E-state index >= 15 is 0 Å². The second-order valence-corrected chi connectivity index (χ2v) is 8.25.